The normalized spacial score (nSPS) is 10.8. The van der Waals surface area contributed by atoms with Gasteiger partial charge < -0.3 is 0 Å². The summed E-state index contributed by atoms with van der Waals surface area (Å²) in [5.41, 5.74) is 0.642. The van der Waals surface area contributed by atoms with E-state index in [-0.39, 0.29) is 5.56 Å². The molecule has 62 valence electrons. The minimum Gasteiger partial charge on any atom is -0.191 e. The molecular weight excluding hydrogens is 160 g/mol. The van der Waals surface area contributed by atoms with Crippen LogP contribution in [0.4, 0.5) is 8.78 Å². The summed E-state index contributed by atoms with van der Waals surface area (Å²) in [5, 5.41) is 8.12. The monoisotopic (exact) mass is 167 g/mol. The Balaban J connectivity index is 3.07. The van der Waals surface area contributed by atoms with Crippen LogP contribution >= 0.6 is 0 Å². The maximum Gasteiger partial charge on any atom is 0.357 e. The first-order valence-corrected chi connectivity index (χ1v) is 3.42. The average molecular weight is 167 g/mol. The van der Waals surface area contributed by atoms with Gasteiger partial charge in [-0.1, -0.05) is 29.8 Å². The van der Waals surface area contributed by atoms with Crippen LogP contribution in [0.3, 0.4) is 0 Å². The summed E-state index contributed by atoms with van der Waals surface area (Å²) < 4.78 is 25.3. The number of aryl methyl sites for hydroxylation is 1. The van der Waals surface area contributed by atoms with E-state index in [0.29, 0.717) is 0 Å². The molecule has 0 amide bonds. The van der Waals surface area contributed by atoms with Crippen molar-refractivity contribution in [3.05, 3.63) is 35.4 Å². The first-order valence-electron chi connectivity index (χ1n) is 3.42. The summed E-state index contributed by atoms with van der Waals surface area (Å²) in [7, 11) is 0. The van der Waals surface area contributed by atoms with E-state index in [2.05, 4.69) is 0 Å². The molecule has 0 radical (unpaired) electrons. The van der Waals surface area contributed by atoms with E-state index in [9.17, 15) is 8.78 Å². The Morgan fingerprint density at radius 3 is 2.17 bits per heavy atom. The van der Waals surface area contributed by atoms with Crippen LogP contribution in [-0.4, -0.2) is 0 Å². The van der Waals surface area contributed by atoms with E-state index in [1.807, 2.05) is 0 Å². The summed E-state index contributed by atoms with van der Waals surface area (Å²) in [4.78, 5) is 0. The zero-order valence-corrected chi connectivity index (χ0v) is 6.51. The van der Waals surface area contributed by atoms with E-state index in [1.54, 1.807) is 19.1 Å². The maximum atomic E-state index is 12.7. The van der Waals surface area contributed by atoms with Gasteiger partial charge in [-0.25, -0.2) is 0 Å². The molecule has 0 spiro atoms. The quantitative estimate of drug-likeness (QED) is 0.630. The second kappa shape index (κ2) is 2.90. The lowest BCUT2D eigenvalue weighted by Crippen LogP contribution is -2.09. The van der Waals surface area contributed by atoms with Gasteiger partial charge in [0.2, 0.25) is 0 Å². The van der Waals surface area contributed by atoms with Gasteiger partial charge in [0.15, 0.2) is 0 Å². The molecule has 0 saturated heterocycles. The van der Waals surface area contributed by atoms with Crippen molar-refractivity contribution in [1.82, 2.24) is 0 Å². The fourth-order valence-corrected chi connectivity index (χ4v) is 0.827. The molecule has 0 N–H and O–H groups in total. The highest BCUT2D eigenvalue weighted by Gasteiger charge is 2.30. The molecule has 1 aromatic rings. The molecule has 0 bridgehead atoms. The van der Waals surface area contributed by atoms with Crippen LogP contribution in [-0.2, 0) is 5.92 Å². The number of hydrogen-bond donors (Lipinski definition) is 0. The van der Waals surface area contributed by atoms with Gasteiger partial charge in [-0.3, -0.25) is 0 Å². The minimum absolute atomic E-state index is 0.254. The highest BCUT2D eigenvalue weighted by molar-refractivity contribution is 5.28. The third-order valence-electron chi connectivity index (χ3n) is 1.55. The lowest BCUT2D eigenvalue weighted by molar-refractivity contribution is 0.0613. The Morgan fingerprint density at radius 1 is 1.25 bits per heavy atom. The number of rotatable bonds is 1. The fourth-order valence-electron chi connectivity index (χ4n) is 0.827. The number of nitrogens with zero attached hydrogens (tertiary/aromatic N) is 1. The Morgan fingerprint density at radius 2 is 1.75 bits per heavy atom. The SMILES string of the molecule is Cc1ccc(C(F)(F)C#N)cc1. The Kier molecular flexibility index (Phi) is 2.09. The highest BCUT2D eigenvalue weighted by Crippen LogP contribution is 2.26. The van der Waals surface area contributed by atoms with Crippen LogP contribution in [0.5, 0.6) is 0 Å². The van der Waals surface area contributed by atoms with Crippen molar-refractivity contribution in [1.29, 1.82) is 5.26 Å². The molecule has 0 atom stereocenters. The van der Waals surface area contributed by atoms with Crippen molar-refractivity contribution < 1.29 is 8.78 Å². The second-order valence-electron chi connectivity index (χ2n) is 2.55. The molecule has 12 heavy (non-hydrogen) atoms. The average Bonchev–Trinajstić information content (AvgIpc) is 2.05. The van der Waals surface area contributed by atoms with Gasteiger partial charge in [-0.05, 0) is 6.92 Å². The predicted octanol–water partition coefficient (Wildman–Crippen LogP) is 2.61. The molecule has 0 unspecified atom stereocenters. The van der Waals surface area contributed by atoms with Gasteiger partial charge in [0.25, 0.3) is 0 Å². The third kappa shape index (κ3) is 1.59. The van der Waals surface area contributed by atoms with Crippen molar-refractivity contribution in [2.45, 2.75) is 12.8 Å². The lowest BCUT2D eigenvalue weighted by atomic mass is 10.1. The van der Waals surface area contributed by atoms with E-state index in [1.165, 1.54) is 12.1 Å². The molecule has 0 heterocycles. The van der Waals surface area contributed by atoms with Gasteiger partial charge in [-0.2, -0.15) is 14.0 Å². The minimum atomic E-state index is -3.37. The standard InChI is InChI=1S/C9H7F2N/c1-7-2-4-8(5-3-7)9(10,11)6-12/h2-5H,1H3. The van der Waals surface area contributed by atoms with E-state index in [0.717, 1.165) is 11.6 Å². The lowest BCUT2D eigenvalue weighted by Gasteiger charge is -2.06. The van der Waals surface area contributed by atoms with Crippen molar-refractivity contribution in [2.75, 3.05) is 0 Å². The molecule has 0 fully saturated rings. The first-order chi connectivity index (χ1) is 5.56. The molecule has 0 aliphatic heterocycles. The van der Waals surface area contributed by atoms with Crippen LogP contribution in [0.1, 0.15) is 11.1 Å². The molecule has 0 aliphatic rings. The maximum absolute atomic E-state index is 12.7. The van der Waals surface area contributed by atoms with Gasteiger partial charge >= 0.3 is 5.92 Å². The van der Waals surface area contributed by atoms with Crippen molar-refractivity contribution in [3.8, 4) is 6.07 Å². The highest BCUT2D eigenvalue weighted by atomic mass is 19.3. The van der Waals surface area contributed by atoms with Gasteiger partial charge in [0.1, 0.15) is 6.07 Å². The number of halogens is 2. The van der Waals surface area contributed by atoms with Crippen LogP contribution in [0.2, 0.25) is 0 Å². The van der Waals surface area contributed by atoms with E-state index in [4.69, 9.17) is 5.26 Å². The summed E-state index contributed by atoms with van der Waals surface area (Å²) in [6.45, 7) is 1.80. The Hall–Kier alpha value is -1.43. The fraction of sp³-hybridized carbons (Fsp3) is 0.222. The summed E-state index contributed by atoms with van der Waals surface area (Å²) in [6.07, 6.45) is 0. The number of alkyl halides is 2. The van der Waals surface area contributed by atoms with Crippen molar-refractivity contribution in [3.63, 3.8) is 0 Å². The van der Waals surface area contributed by atoms with E-state index < -0.39 is 5.92 Å². The van der Waals surface area contributed by atoms with Crippen LogP contribution in [0.15, 0.2) is 24.3 Å². The Labute approximate surface area is 69.2 Å². The summed E-state index contributed by atoms with van der Waals surface area (Å²) in [5.74, 6) is -3.37. The molecular formula is C9H7F2N. The van der Waals surface area contributed by atoms with Gasteiger partial charge in [0.05, 0.1) is 0 Å². The summed E-state index contributed by atoms with van der Waals surface area (Å²) in [6, 6.07) is 6.58. The van der Waals surface area contributed by atoms with E-state index >= 15 is 0 Å². The first kappa shape index (κ1) is 8.66. The smallest absolute Gasteiger partial charge is 0.191 e. The topological polar surface area (TPSA) is 23.8 Å². The van der Waals surface area contributed by atoms with Crippen LogP contribution in [0, 0.1) is 18.3 Å². The molecule has 1 rings (SSSR count). The largest absolute Gasteiger partial charge is 0.357 e. The molecule has 0 aromatic heterocycles. The van der Waals surface area contributed by atoms with Crippen LogP contribution < -0.4 is 0 Å². The Bertz CT molecular complexity index is 308. The zero-order valence-electron chi connectivity index (χ0n) is 6.51. The van der Waals surface area contributed by atoms with Crippen LogP contribution in [0.25, 0.3) is 0 Å². The molecule has 1 nitrogen and oxygen atoms in total. The molecule has 3 heteroatoms. The number of hydrogen-bond acceptors (Lipinski definition) is 1. The number of nitriles is 1. The molecule has 1 aromatic carbocycles. The van der Waals surface area contributed by atoms with Gasteiger partial charge in [0, 0.05) is 5.56 Å². The number of benzene rings is 1. The van der Waals surface area contributed by atoms with Crippen molar-refractivity contribution >= 4 is 0 Å². The van der Waals surface area contributed by atoms with Crippen molar-refractivity contribution in [2.24, 2.45) is 0 Å². The second-order valence-corrected chi connectivity index (χ2v) is 2.55. The zero-order chi connectivity index (χ0) is 9.19. The third-order valence-corrected chi connectivity index (χ3v) is 1.55. The molecule has 0 aliphatic carbocycles. The molecule has 0 saturated carbocycles. The predicted molar refractivity (Wildman–Crippen MR) is 40.7 cm³/mol. The van der Waals surface area contributed by atoms with Gasteiger partial charge in [-0.15, -0.1) is 0 Å². The summed E-state index contributed by atoms with van der Waals surface area (Å²) >= 11 is 0.